The SMILES string of the molecule is NC1(CC(=O)OCC2CCOC2)CCCC1. The molecule has 2 fully saturated rings. The first-order valence-corrected chi connectivity index (χ1v) is 6.20. The van der Waals surface area contributed by atoms with E-state index in [4.69, 9.17) is 15.2 Å². The van der Waals surface area contributed by atoms with Crippen LogP contribution in [0, 0.1) is 5.92 Å². The largest absolute Gasteiger partial charge is 0.465 e. The molecule has 4 nitrogen and oxygen atoms in total. The number of ether oxygens (including phenoxy) is 2. The quantitative estimate of drug-likeness (QED) is 0.734. The Morgan fingerprint density at radius 2 is 2.19 bits per heavy atom. The van der Waals surface area contributed by atoms with Crippen molar-refractivity contribution in [3.8, 4) is 0 Å². The standard InChI is InChI=1S/C12H21NO3/c13-12(4-1-2-5-12)7-11(14)16-9-10-3-6-15-8-10/h10H,1-9,13H2. The molecule has 1 atom stereocenters. The second-order valence-electron chi connectivity index (χ2n) is 5.16. The minimum Gasteiger partial charge on any atom is -0.465 e. The van der Waals surface area contributed by atoms with Crippen LogP contribution in [0.15, 0.2) is 0 Å². The minimum absolute atomic E-state index is 0.142. The van der Waals surface area contributed by atoms with Gasteiger partial charge in [-0.25, -0.2) is 0 Å². The van der Waals surface area contributed by atoms with Gasteiger partial charge in [-0.3, -0.25) is 4.79 Å². The van der Waals surface area contributed by atoms with Gasteiger partial charge in [-0.05, 0) is 19.3 Å². The van der Waals surface area contributed by atoms with E-state index in [1.807, 2.05) is 0 Å². The van der Waals surface area contributed by atoms with Crippen molar-refractivity contribution in [3.63, 3.8) is 0 Å². The Labute approximate surface area is 96.5 Å². The Hall–Kier alpha value is -0.610. The van der Waals surface area contributed by atoms with Gasteiger partial charge in [-0.15, -0.1) is 0 Å². The van der Waals surface area contributed by atoms with Crippen LogP contribution in [0.3, 0.4) is 0 Å². The van der Waals surface area contributed by atoms with Gasteiger partial charge >= 0.3 is 5.97 Å². The summed E-state index contributed by atoms with van der Waals surface area (Å²) in [5.74, 6) is 0.248. The highest BCUT2D eigenvalue weighted by Crippen LogP contribution is 2.30. The molecule has 92 valence electrons. The van der Waals surface area contributed by atoms with Crippen LogP contribution in [0.25, 0.3) is 0 Å². The lowest BCUT2D eigenvalue weighted by Crippen LogP contribution is -2.39. The molecule has 1 saturated heterocycles. The van der Waals surface area contributed by atoms with E-state index in [0.717, 1.165) is 45.3 Å². The van der Waals surface area contributed by atoms with Crippen LogP contribution in [0.4, 0.5) is 0 Å². The summed E-state index contributed by atoms with van der Waals surface area (Å²) in [7, 11) is 0. The van der Waals surface area contributed by atoms with Gasteiger partial charge in [0, 0.05) is 18.1 Å². The predicted octanol–water partition coefficient (Wildman–Crippen LogP) is 1.23. The monoisotopic (exact) mass is 227 g/mol. The van der Waals surface area contributed by atoms with Crippen molar-refractivity contribution in [3.05, 3.63) is 0 Å². The lowest BCUT2D eigenvalue weighted by atomic mass is 9.95. The van der Waals surface area contributed by atoms with Crippen molar-refractivity contribution in [2.24, 2.45) is 11.7 Å². The van der Waals surface area contributed by atoms with Crippen molar-refractivity contribution in [1.82, 2.24) is 0 Å². The smallest absolute Gasteiger partial charge is 0.307 e. The van der Waals surface area contributed by atoms with Crippen LogP contribution in [-0.4, -0.2) is 31.3 Å². The molecule has 0 aromatic heterocycles. The van der Waals surface area contributed by atoms with E-state index in [1.54, 1.807) is 0 Å². The van der Waals surface area contributed by atoms with E-state index < -0.39 is 0 Å². The van der Waals surface area contributed by atoms with Crippen molar-refractivity contribution in [2.45, 2.75) is 44.1 Å². The molecule has 1 unspecified atom stereocenters. The summed E-state index contributed by atoms with van der Waals surface area (Å²) < 4.78 is 10.5. The van der Waals surface area contributed by atoms with Crippen LogP contribution in [0.5, 0.6) is 0 Å². The lowest BCUT2D eigenvalue weighted by Gasteiger charge is -2.22. The fraction of sp³-hybridized carbons (Fsp3) is 0.917. The van der Waals surface area contributed by atoms with Crippen LogP contribution in [0.2, 0.25) is 0 Å². The maximum atomic E-state index is 11.6. The summed E-state index contributed by atoms with van der Waals surface area (Å²) in [5, 5.41) is 0. The van der Waals surface area contributed by atoms with E-state index >= 15 is 0 Å². The summed E-state index contributed by atoms with van der Waals surface area (Å²) >= 11 is 0. The molecule has 16 heavy (non-hydrogen) atoms. The minimum atomic E-state index is -0.288. The highest BCUT2D eigenvalue weighted by Gasteiger charge is 2.32. The Balaban J connectivity index is 1.67. The number of hydrogen-bond donors (Lipinski definition) is 1. The van der Waals surface area contributed by atoms with Gasteiger partial charge < -0.3 is 15.2 Å². The third-order valence-corrected chi connectivity index (χ3v) is 3.60. The van der Waals surface area contributed by atoms with Gasteiger partial charge in [0.25, 0.3) is 0 Å². The van der Waals surface area contributed by atoms with Gasteiger partial charge in [0.1, 0.15) is 0 Å². The maximum absolute atomic E-state index is 11.6. The topological polar surface area (TPSA) is 61.6 Å². The summed E-state index contributed by atoms with van der Waals surface area (Å²) in [4.78, 5) is 11.6. The molecule has 0 aromatic carbocycles. The number of nitrogens with two attached hydrogens (primary N) is 1. The van der Waals surface area contributed by atoms with E-state index in [1.165, 1.54) is 0 Å². The number of rotatable bonds is 4. The van der Waals surface area contributed by atoms with Crippen LogP contribution in [-0.2, 0) is 14.3 Å². The molecule has 0 spiro atoms. The third kappa shape index (κ3) is 3.19. The van der Waals surface area contributed by atoms with Crippen molar-refractivity contribution in [1.29, 1.82) is 0 Å². The number of carbonyl (C=O) groups is 1. The van der Waals surface area contributed by atoms with E-state index in [2.05, 4.69) is 0 Å². The van der Waals surface area contributed by atoms with Crippen molar-refractivity contribution in [2.75, 3.05) is 19.8 Å². The van der Waals surface area contributed by atoms with Gasteiger partial charge in [0.2, 0.25) is 0 Å². The van der Waals surface area contributed by atoms with Crippen molar-refractivity contribution >= 4 is 5.97 Å². The molecule has 2 rings (SSSR count). The first-order chi connectivity index (χ1) is 7.68. The third-order valence-electron chi connectivity index (χ3n) is 3.60. The van der Waals surface area contributed by atoms with Gasteiger partial charge in [-0.1, -0.05) is 12.8 Å². The zero-order chi connectivity index (χ0) is 11.4. The van der Waals surface area contributed by atoms with E-state index in [9.17, 15) is 4.79 Å². The predicted molar refractivity (Wildman–Crippen MR) is 59.9 cm³/mol. The average molecular weight is 227 g/mol. The molecule has 2 N–H and O–H groups in total. The highest BCUT2D eigenvalue weighted by atomic mass is 16.5. The lowest BCUT2D eigenvalue weighted by molar-refractivity contribution is -0.146. The molecule has 1 saturated carbocycles. The molecule has 0 aromatic rings. The zero-order valence-electron chi connectivity index (χ0n) is 9.74. The van der Waals surface area contributed by atoms with E-state index in [0.29, 0.717) is 18.9 Å². The second-order valence-corrected chi connectivity index (χ2v) is 5.16. The fourth-order valence-electron chi connectivity index (χ4n) is 2.52. The zero-order valence-corrected chi connectivity index (χ0v) is 9.74. The number of esters is 1. The Kier molecular flexibility index (Phi) is 3.82. The summed E-state index contributed by atoms with van der Waals surface area (Å²) in [6, 6.07) is 0. The first-order valence-electron chi connectivity index (χ1n) is 6.20. The number of hydrogen-bond acceptors (Lipinski definition) is 4. The van der Waals surface area contributed by atoms with E-state index in [-0.39, 0.29) is 11.5 Å². The van der Waals surface area contributed by atoms with Gasteiger partial charge in [0.15, 0.2) is 0 Å². The molecular formula is C12H21NO3. The molecule has 2 aliphatic rings. The van der Waals surface area contributed by atoms with Gasteiger partial charge in [-0.2, -0.15) is 0 Å². The van der Waals surface area contributed by atoms with Gasteiger partial charge in [0.05, 0.1) is 19.6 Å². The highest BCUT2D eigenvalue weighted by molar-refractivity contribution is 5.71. The fourth-order valence-corrected chi connectivity index (χ4v) is 2.52. The molecular weight excluding hydrogens is 206 g/mol. The molecule has 1 heterocycles. The van der Waals surface area contributed by atoms with Crippen molar-refractivity contribution < 1.29 is 14.3 Å². The molecule has 4 heteroatoms. The van der Waals surface area contributed by atoms with Crippen LogP contribution < -0.4 is 5.73 Å². The summed E-state index contributed by atoms with van der Waals surface area (Å²) in [5.41, 5.74) is 5.83. The molecule has 1 aliphatic carbocycles. The summed E-state index contributed by atoms with van der Waals surface area (Å²) in [6.07, 6.45) is 5.56. The Bertz CT molecular complexity index is 243. The molecule has 1 aliphatic heterocycles. The average Bonchev–Trinajstić information content (AvgIpc) is 2.86. The first kappa shape index (κ1) is 11.9. The van der Waals surface area contributed by atoms with Crippen LogP contribution >= 0.6 is 0 Å². The molecule has 0 bridgehead atoms. The molecule has 0 amide bonds. The normalized spacial score (nSPS) is 28.2. The second kappa shape index (κ2) is 5.15. The summed E-state index contributed by atoms with van der Waals surface area (Å²) in [6.45, 7) is 2.01. The van der Waals surface area contributed by atoms with Crippen LogP contribution in [0.1, 0.15) is 38.5 Å². The number of carbonyl (C=O) groups excluding carboxylic acids is 1. The molecule has 0 radical (unpaired) electrons. The Morgan fingerprint density at radius 3 is 2.81 bits per heavy atom. The maximum Gasteiger partial charge on any atom is 0.307 e. The Morgan fingerprint density at radius 1 is 1.44 bits per heavy atom.